The van der Waals surface area contributed by atoms with Crippen molar-refractivity contribution < 1.29 is 37.1 Å². The van der Waals surface area contributed by atoms with Gasteiger partial charge in [-0.15, -0.1) is 16.4 Å². The Morgan fingerprint density at radius 2 is 1.88 bits per heavy atom. The van der Waals surface area contributed by atoms with Gasteiger partial charge in [-0.3, -0.25) is 4.98 Å². The first kappa shape index (κ1) is 27.4. The second kappa shape index (κ2) is 10.8. The number of aromatic carboxylic acids is 1. The number of hydrogen-bond acceptors (Lipinski definition) is 11. The number of H-pyrrole nitrogens is 1. The maximum absolute atomic E-state index is 12.8. The molecule has 0 bridgehead atoms. The summed E-state index contributed by atoms with van der Waals surface area (Å²) in [7, 11) is 2.93. The Balaban J connectivity index is 1.52. The highest BCUT2D eigenvalue weighted by molar-refractivity contribution is 7.12. The fourth-order valence-corrected chi connectivity index (χ4v) is 4.43. The summed E-state index contributed by atoms with van der Waals surface area (Å²) in [6, 6.07) is 10.3. The Labute approximate surface area is 231 Å². The normalized spacial score (nSPS) is 12.2. The molecule has 3 N–H and O–H groups in total. The maximum Gasteiger partial charge on any atom is 0.471 e. The van der Waals surface area contributed by atoms with E-state index in [0.29, 0.717) is 22.7 Å². The van der Waals surface area contributed by atoms with E-state index in [0.717, 1.165) is 16.0 Å². The van der Waals surface area contributed by atoms with E-state index in [9.17, 15) is 27.9 Å². The number of anilines is 1. The van der Waals surface area contributed by atoms with Crippen molar-refractivity contribution in [2.24, 2.45) is 0 Å². The lowest BCUT2D eigenvalue weighted by Crippen LogP contribution is -2.18. The summed E-state index contributed by atoms with van der Waals surface area (Å²) in [5, 5.41) is 20.4. The van der Waals surface area contributed by atoms with E-state index < -0.39 is 29.8 Å². The van der Waals surface area contributed by atoms with E-state index in [4.69, 9.17) is 9.47 Å². The molecule has 5 rings (SSSR count). The minimum Gasteiger partial charge on any atom is -0.493 e. The van der Waals surface area contributed by atoms with Gasteiger partial charge in [0, 0.05) is 11.3 Å². The van der Waals surface area contributed by atoms with E-state index in [1.54, 1.807) is 30.3 Å². The molecule has 0 aliphatic rings. The van der Waals surface area contributed by atoms with Gasteiger partial charge >= 0.3 is 23.7 Å². The van der Waals surface area contributed by atoms with Gasteiger partial charge < -0.3 is 24.4 Å². The lowest BCUT2D eigenvalue weighted by molar-refractivity contribution is -0.159. The highest BCUT2D eigenvalue weighted by Crippen LogP contribution is 2.34. The van der Waals surface area contributed by atoms with E-state index in [1.165, 1.54) is 31.9 Å². The molecule has 1 unspecified atom stereocenters. The van der Waals surface area contributed by atoms with Crippen LogP contribution in [0.25, 0.3) is 17.2 Å². The average molecular weight is 590 g/mol. The molecule has 2 aromatic carbocycles. The smallest absolute Gasteiger partial charge is 0.471 e. The molecule has 0 spiro atoms. The van der Waals surface area contributed by atoms with Crippen molar-refractivity contribution >= 4 is 23.0 Å². The number of benzene rings is 2. The first-order valence-corrected chi connectivity index (χ1v) is 12.3. The van der Waals surface area contributed by atoms with Gasteiger partial charge in [0.1, 0.15) is 6.04 Å². The number of aromatic amines is 1. The fourth-order valence-electron chi connectivity index (χ4n) is 3.83. The lowest BCUT2D eigenvalue weighted by Gasteiger charge is -2.20. The third kappa shape index (κ3) is 5.46. The summed E-state index contributed by atoms with van der Waals surface area (Å²) in [5.41, 5.74) is 1.86. The van der Waals surface area contributed by atoms with Gasteiger partial charge in [-0.25, -0.2) is 14.6 Å². The summed E-state index contributed by atoms with van der Waals surface area (Å²) in [5.74, 6) is -2.19. The second-order valence-electron chi connectivity index (χ2n) is 8.23. The number of thiazole rings is 1. The third-order valence-corrected chi connectivity index (χ3v) is 6.52. The number of rotatable bonds is 9. The van der Waals surface area contributed by atoms with Crippen LogP contribution < -0.4 is 20.5 Å². The van der Waals surface area contributed by atoms with E-state index in [-0.39, 0.29) is 27.9 Å². The van der Waals surface area contributed by atoms with Crippen LogP contribution in [-0.4, -0.2) is 55.2 Å². The predicted octanol–water partition coefficient (Wildman–Crippen LogP) is 4.00. The van der Waals surface area contributed by atoms with Crippen LogP contribution in [0.1, 0.15) is 33.0 Å². The molecule has 0 saturated carbocycles. The van der Waals surface area contributed by atoms with Crippen molar-refractivity contribution in [1.82, 2.24) is 29.9 Å². The number of alkyl halides is 3. The van der Waals surface area contributed by atoms with Crippen LogP contribution in [0.15, 0.2) is 57.3 Å². The highest BCUT2D eigenvalue weighted by Gasteiger charge is 2.38. The summed E-state index contributed by atoms with van der Waals surface area (Å²) >= 11 is 0.840. The first-order chi connectivity index (χ1) is 19.6. The van der Waals surface area contributed by atoms with Crippen LogP contribution in [-0.2, 0) is 6.18 Å². The zero-order valence-corrected chi connectivity index (χ0v) is 21.8. The number of nitrogens with one attached hydrogen (secondary N) is 2. The molecule has 1 atom stereocenters. The monoisotopic (exact) mass is 589 g/mol. The van der Waals surface area contributed by atoms with Crippen LogP contribution in [0, 0.1) is 0 Å². The second-order valence-corrected chi connectivity index (χ2v) is 9.08. The molecule has 3 heterocycles. The van der Waals surface area contributed by atoms with E-state index in [1.807, 2.05) is 0 Å². The SMILES string of the molecule is COc1ccc(C(Nc2ccc(-c3noc(C(F)(F)F)n3)cc2)c2nn(-c3ncsc3C(=O)O)c(=O)[nH]2)cc1OC. The molecular formula is C24H18F3N7O6S. The number of carboxylic acids is 1. The van der Waals surface area contributed by atoms with Gasteiger partial charge in [-0.1, -0.05) is 11.2 Å². The Morgan fingerprint density at radius 1 is 1.15 bits per heavy atom. The Bertz CT molecular complexity index is 1760. The van der Waals surface area contributed by atoms with Gasteiger partial charge in [0.2, 0.25) is 5.82 Å². The molecule has 41 heavy (non-hydrogen) atoms. The molecule has 5 aromatic rings. The van der Waals surface area contributed by atoms with Crippen molar-refractivity contribution in [3.05, 3.63) is 80.6 Å². The van der Waals surface area contributed by atoms with Crippen LogP contribution in [0.3, 0.4) is 0 Å². The Kier molecular flexibility index (Phi) is 7.19. The van der Waals surface area contributed by atoms with Crippen LogP contribution in [0.4, 0.5) is 18.9 Å². The number of halogens is 3. The molecule has 0 aliphatic carbocycles. The molecule has 3 aromatic heterocycles. The van der Waals surface area contributed by atoms with Crippen LogP contribution >= 0.6 is 11.3 Å². The first-order valence-electron chi connectivity index (χ1n) is 11.4. The van der Waals surface area contributed by atoms with Crippen molar-refractivity contribution in [3.63, 3.8) is 0 Å². The molecule has 0 aliphatic heterocycles. The summed E-state index contributed by atoms with van der Waals surface area (Å²) in [4.78, 5) is 34.2. The number of carboxylic acid groups (broad SMARTS) is 1. The fraction of sp³-hybridized carbons (Fsp3) is 0.167. The van der Waals surface area contributed by atoms with Crippen LogP contribution in [0.2, 0.25) is 0 Å². The predicted molar refractivity (Wildman–Crippen MR) is 137 cm³/mol. The van der Waals surface area contributed by atoms with Gasteiger partial charge in [-0.05, 0) is 42.0 Å². The summed E-state index contributed by atoms with van der Waals surface area (Å²) in [6.45, 7) is 0. The number of aromatic nitrogens is 6. The minimum absolute atomic E-state index is 0.101. The van der Waals surface area contributed by atoms with E-state index >= 15 is 0 Å². The zero-order chi connectivity index (χ0) is 29.3. The van der Waals surface area contributed by atoms with Crippen molar-refractivity contribution in [1.29, 1.82) is 0 Å². The van der Waals surface area contributed by atoms with E-state index in [2.05, 4.69) is 35.0 Å². The molecule has 0 amide bonds. The number of hydrogen-bond donors (Lipinski definition) is 3. The minimum atomic E-state index is -4.77. The molecule has 0 fully saturated rings. The molecular weight excluding hydrogens is 571 g/mol. The Morgan fingerprint density at radius 3 is 2.51 bits per heavy atom. The standard InChI is InChI=1S/C24H18F3N7O6S/c1-38-14-8-5-12(9-15(14)39-2)16(19-31-23(37)34(32-19)20-17(21(35)36)41-10-28-20)29-13-6-3-11(4-7-13)18-30-22(40-33-18)24(25,26)27/h3-10,16,29H,1-2H3,(H,35,36)(H,31,32,37). The van der Waals surface area contributed by atoms with Gasteiger partial charge in [0.15, 0.2) is 28.0 Å². The number of carbonyl (C=O) groups is 1. The van der Waals surface area contributed by atoms with Crippen molar-refractivity contribution in [2.45, 2.75) is 12.2 Å². The molecule has 212 valence electrons. The topological polar surface area (TPSA) is 170 Å². The van der Waals surface area contributed by atoms with Gasteiger partial charge in [-0.2, -0.15) is 22.8 Å². The Hall–Kier alpha value is -5.19. The zero-order valence-electron chi connectivity index (χ0n) is 21.0. The number of ether oxygens (including phenoxy) is 2. The average Bonchev–Trinajstić information content (AvgIpc) is 3.71. The third-order valence-electron chi connectivity index (χ3n) is 5.72. The quantitative estimate of drug-likeness (QED) is 0.227. The summed E-state index contributed by atoms with van der Waals surface area (Å²) in [6.07, 6.45) is -4.77. The maximum atomic E-state index is 12.8. The van der Waals surface area contributed by atoms with Gasteiger partial charge in [0.25, 0.3) is 0 Å². The molecule has 17 heteroatoms. The number of nitrogens with zero attached hydrogens (tertiary/aromatic N) is 5. The summed E-state index contributed by atoms with van der Waals surface area (Å²) < 4.78 is 54.4. The molecule has 13 nitrogen and oxygen atoms in total. The van der Waals surface area contributed by atoms with Crippen molar-refractivity contribution in [2.75, 3.05) is 19.5 Å². The highest BCUT2D eigenvalue weighted by atomic mass is 32.1. The largest absolute Gasteiger partial charge is 0.493 e. The molecule has 0 radical (unpaired) electrons. The van der Waals surface area contributed by atoms with Crippen molar-refractivity contribution in [3.8, 4) is 28.7 Å². The van der Waals surface area contributed by atoms with Gasteiger partial charge in [0.05, 0.1) is 19.7 Å². The molecule has 0 saturated heterocycles. The lowest BCUT2D eigenvalue weighted by atomic mass is 10.0. The number of methoxy groups -OCH3 is 2. The van der Waals surface area contributed by atoms with Crippen LogP contribution in [0.5, 0.6) is 11.5 Å².